The number of hydrogen-bond donors (Lipinski definition) is 1. The maximum absolute atomic E-state index is 12.5. The van der Waals surface area contributed by atoms with Crippen LogP contribution >= 0.6 is 0 Å². The second-order valence-electron chi connectivity index (χ2n) is 7.40. The van der Waals surface area contributed by atoms with Crippen molar-refractivity contribution < 1.29 is 4.79 Å². The normalized spacial score (nSPS) is 25.0. The minimum atomic E-state index is 0.299. The van der Waals surface area contributed by atoms with E-state index in [1.807, 2.05) is 24.3 Å². The van der Waals surface area contributed by atoms with Gasteiger partial charge in [-0.3, -0.25) is 4.79 Å². The van der Waals surface area contributed by atoms with Crippen LogP contribution in [-0.2, 0) is 11.2 Å². The number of nitrogens with one attached hydrogen (secondary N) is 1. The molecule has 1 spiro atoms. The highest BCUT2D eigenvalue weighted by atomic mass is 16.2. The second-order valence-corrected chi connectivity index (χ2v) is 7.40. The molecule has 1 saturated carbocycles. The van der Waals surface area contributed by atoms with Crippen LogP contribution in [0.25, 0.3) is 0 Å². The van der Waals surface area contributed by atoms with Crippen molar-refractivity contribution in [1.29, 1.82) is 0 Å². The highest BCUT2D eigenvalue weighted by molar-refractivity contribution is 5.77. The topological polar surface area (TPSA) is 58.1 Å². The summed E-state index contributed by atoms with van der Waals surface area (Å²) in [5.74, 6) is 1.19. The number of amides is 1. The van der Waals surface area contributed by atoms with Crippen molar-refractivity contribution in [2.24, 2.45) is 5.41 Å². The summed E-state index contributed by atoms with van der Waals surface area (Å²) in [6.07, 6.45) is 8.15. The van der Waals surface area contributed by atoms with E-state index in [0.717, 1.165) is 44.6 Å². The van der Waals surface area contributed by atoms with E-state index in [1.54, 1.807) is 12.5 Å². The molecular weight excluding hydrogens is 312 g/mol. The van der Waals surface area contributed by atoms with Gasteiger partial charge in [0.25, 0.3) is 0 Å². The summed E-state index contributed by atoms with van der Waals surface area (Å²) in [5.41, 5.74) is 1.56. The quantitative estimate of drug-likeness (QED) is 0.912. The lowest BCUT2D eigenvalue weighted by atomic mass is 9.65. The fourth-order valence-electron chi connectivity index (χ4n) is 4.21. The predicted molar refractivity (Wildman–Crippen MR) is 97.1 cm³/mol. The van der Waals surface area contributed by atoms with Crippen molar-refractivity contribution in [3.8, 4) is 0 Å². The molecular formula is C20H24N4O. The zero-order chi connectivity index (χ0) is 17.1. The van der Waals surface area contributed by atoms with Crippen LogP contribution in [0.1, 0.15) is 31.2 Å². The number of rotatable bonds is 5. The van der Waals surface area contributed by atoms with Gasteiger partial charge in [0.1, 0.15) is 12.1 Å². The lowest BCUT2D eigenvalue weighted by Gasteiger charge is -2.45. The number of benzene rings is 1. The van der Waals surface area contributed by atoms with Crippen molar-refractivity contribution in [3.63, 3.8) is 0 Å². The van der Waals surface area contributed by atoms with Crippen LogP contribution in [0, 0.1) is 5.41 Å². The molecule has 5 heteroatoms. The number of aromatic nitrogens is 2. The number of likely N-dealkylation sites (tertiary alicyclic amines) is 1. The fourth-order valence-corrected chi connectivity index (χ4v) is 4.21. The van der Waals surface area contributed by atoms with Crippen LogP contribution in [0.5, 0.6) is 0 Å². The van der Waals surface area contributed by atoms with E-state index in [9.17, 15) is 4.79 Å². The van der Waals surface area contributed by atoms with Gasteiger partial charge in [-0.1, -0.05) is 30.3 Å². The van der Waals surface area contributed by atoms with Crippen molar-refractivity contribution in [2.75, 3.05) is 18.4 Å². The molecule has 0 unspecified atom stereocenters. The maximum Gasteiger partial charge on any atom is 0.222 e. The molecule has 1 aromatic heterocycles. The Hall–Kier alpha value is -2.43. The maximum atomic E-state index is 12.5. The first-order valence-electron chi connectivity index (χ1n) is 9.07. The Morgan fingerprint density at radius 3 is 2.84 bits per heavy atom. The Kier molecular flexibility index (Phi) is 4.38. The molecule has 25 heavy (non-hydrogen) atoms. The first-order chi connectivity index (χ1) is 12.2. The Balaban J connectivity index is 1.24. The summed E-state index contributed by atoms with van der Waals surface area (Å²) in [4.78, 5) is 22.8. The van der Waals surface area contributed by atoms with Gasteiger partial charge >= 0.3 is 0 Å². The molecule has 0 bridgehead atoms. The van der Waals surface area contributed by atoms with Crippen molar-refractivity contribution in [2.45, 2.75) is 38.1 Å². The van der Waals surface area contributed by atoms with Crippen LogP contribution in [0.4, 0.5) is 5.82 Å². The van der Waals surface area contributed by atoms with Gasteiger partial charge in [-0.15, -0.1) is 0 Å². The van der Waals surface area contributed by atoms with Crippen molar-refractivity contribution >= 4 is 11.7 Å². The van der Waals surface area contributed by atoms with E-state index in [4.69, 9.17) is 0 Å². The zero-order valence-corrected chi connectivity index (χ0v) is 14.4. The van der Waals surface area contributed by atoms with E-state index in [-0.39, 0.29) is 0 Å². The fraction of sp³-hybridized carbons (Fsp3) is 0.450. The van der Waals surface area contributed by atoms with Gasteiger partial charge in [0.2, 0.25) is 5.91 Å². The highest BCUT2D eigenvalue weighted by Gasteiger charge is 2.49. The number of carbonyl (C=O) groups excluding carboxylic acids is 1. The highest BCUT2D eigenvalue weighted by Crippen LogP contribution is 2.49. The molecule has 1 aromatic carbocycles. The smallest absolute Gasteiger partial charge is 0.222 e. The lowest BCUT2D eigenvalue weighted by molar-refractivity contribution is -0.130. The summed E-state index contributed by atoms with van der Waals surface area (Å²) in [5, 5.41) is 3.47. The Labute approximate surface area is 148 Å². The molecule has 1 aliphatic carbocycles. The van der Waals surface area contributed by atoms with Crippen LogP contribution in [0.3, 0.4) is 0 Å². The molecule has 1 amide bonds. The molecule has 2 fully saturated rings. The first kappa shape index (κ1) is 16.1. The lowest BCUT2D eigenvalue weighted by Crippen LogP contribution is -2.47. The summed E-state index contributed by atoms with van der Waals surface area (Å²) in [6.45, 7) is 1.83. The van der Waals surface area contributed by atoms with Crippen LogP contribution in [-0.4, -0.2) is 39.9 Å². The van der Waals surface area contributed by atoms with Crippen LogP contribution in [0.2, 0.25) is 0 Å². The first-order valence-corrected chi connectivity index (χ1v) is 9.07. The standard InChI is InChI=1S/C20H24N4O/c25-19(7-6-16-4-2-1-3-5-16)24-11-9-20(14-24)12-17(13-20)23-18-8-10-21-15-22-18/h1-5,8,10,15,17H,6-7,9,11-14H2,(H,21,22,23). The van der Waals surface area contributed by atoms with Crippen molar-refractivity contribution in [1.82, 2.24) is 14.9 Å². The molecule has 0 atom stereocenters. The molecule has 130 valence electrons. The number of nitrogens with zero attached hydrogens (tertiary/aromatic N) is 3. The summed E-state index contributed by atoms with van der Waals surface area (Å²) < 4.78 is 0. The second kappa shape index (κ2) is 6.82. The molecule has 0 radical (unpaired) electrons. The average molecular weight is 336 g/mol. The van der Waals surface area contributed by atoms with E-state index in [2.05, 4.69) is 32.3 Å². The third kappa shape index (κ3) is 3.65. The molecule has 1 saturated heterocycles. The minimum absolute atomic E-state index is 0.299. The van der Waals surface area contributed by atoms with Gasteiger partial charge in [-0.25, -0.2) is 9.97 Å². The third-order valence-corrected chi connectivity index (χ3v) is 5.55. The molecule has 1 aliphatic heterocycles. The van der Waals surface area contributed by atoms with E-state index in [1.165, 1.54) is 5.56 Å². The van der Waals surface area contributed by atoms with Crippen LogP contribution < -0.4 is 5.32 Å². The predicted octanol–water partition coefficient (Wildman–Crippen LogP) is 2.90. The van der Waals surface area contributed by atoms with E-state index in [0.29, 0.717) is 23.8 Å². The van der Waals surface area contributed by atoms with Gasteiger partial charge in [0.15, 0.2) is 0 Å². The molecule has 1 N–H and O–H groups in total. The molecule has 2 heterocycles. The number of carbonyl (C=O) groups is 1. The molecule has 2 aromatic rings. The zero-order valence-electron chi connectivity index (χ0n) is 14.4. The largest absolute Gasteiger partial charge is 0.367 e. The van der Waals surface area contributed by atoms with Gasteiger partial charge in [0.05, 0.1) is 0 Å². The van der Waals surface area contributed by atoms with Gasteiger partial charge in [-0.2, -0.15) is 0 Å². The summed E-state index contributed by atoms with van der Waals surface area (Å²) in [7, 11) is 0. The number of aryl methyl sites for hydroxylation is 1. The Morgan fingerprint density at radius 1 is 1.24 bits per heavy atom. The van der Waals surface area contributed by atoms with Gasteiger partial charge < -0.3 is 10.2 Å². The SMILES string of the molecule is O=C(CCc1ccccc1)N1CCC2(CC(Nc3ccncn3)C2)C1. The van der Waals surface area contributed by atoms with Gasteiger partial charge in [0, 0.05) is 31.7 Å². The van der Waals surface area contributed by atoms with E-state index >= 15 is 0 Å². The summed E-state index contributed by atoms with van der Waals surface area (Å²) in [6, 6.07) is 12.6. The average Bonchev–Trinajstić information content (AvgIpc) is 3.07. The van der Waals surface area contributed by atoms with Gasteiger partial charge in [-0.05, 0) is 42.7 Å². The molecule has 4 rings (SSSR count). The minimum Gasteiger partial charge on any atom is -0.367 e. The van der Waals surface area contributed by atoms with E-state index < -0.39 is 0 Å². The molecule has 2 aliphatic rings. The van der Waals surface area contributed by atoms with Crippen molar-refractivity contribution in [3.05, 3.63) is 54.5 Å². The summed E-state index contributed by atoms with van der Waals surface area (Å²) >= 11 is 0. The number of hydrogen-bond acceptors (Lipinski definition) is 4. The monoisotopic (exact) mass is 336 g/mol. The third-order valence-electron chi connectivity index (χ3n) is 5.55. The van der Waals surface area contributed by atoms with Crippen LogP contribution in [0.15, 0.2) is 48.9 Å². The Bertz CT molecular complexity index is 713. The molecule has 5 nitrogen and oxygen atoms in total. The Morgan fingerprint density at radius 2 is 2.08 bits per heavy atom. The number of anilines is 1.